The molecule has 0 atom stereocenters. The molecule has 3 aromatic rings. The topological polar surface area (TPSA) is 17.3 Å². The van der Waals surface area contributed by atoms with Crippen LogP contribution in [0.1, 0.15) is 12.5 Å². The van der Waals surface area contributed by atoms with Crippen molar-refractivity contribution in [1.82, 2.24) is 9.38 Å². The van der Waals surface area contributed by atoms with E-state index in [1.54, 1.807) is 22.7 Å². The Bertz CT molecular complexity index is 874. The van der Waals surface area contributed by atoms with Crippen molar-refractivity contribution in [2.24, 2.45) is 0 Å². The molecule has 19 heavy (non-hydrogen) atoms. The maximum Gasteiger partial charge on any atom is 0.138 e. The van der Waals surface area contributed by atoms with E-state index in [1.165, 1.54) is 0 Å². The molecule has 0 unspecified atom stereocenters. The highest BCUT2D eigenvalue weighted by molar-refractivity contribution is 5.64. The molecule has 0 saturated carbocycles. The smallest absolute Gasteiger partial charge is 0.138 e. The lowest BCUT2D eigenvalue weighted by atomic mass is 10.1. The van der Waals surface area contributed by atoms with E-state index < -0.39 is 0 Å². The lowest BCUT2D eigenvalue weighted by Gasteiger charge is -1.95. The molecule has 2 nitrogen and oxygen atoms in total. The Labute approximate surface area is 113 Å². The molecule has 0 fully saturated rings. The van der Waals surface area contributed by atoms with Gasteiger partial charge in [0.25, 0.3) is 0 Å². The van der Waals surface area contributed by atoms with Crippen LogP contribution < -0.4 is 0 Å². The van der Waals surface area contributed by atoms with Crippen LogP contribution >= 0.6 is 0 Å². The molecule has 0 N–H and O–H groups in total. The fourth-order valence-electron chi connectivity index (χ4n) is 1.87. The summed E-state index contributed by atoms with van der Waals surface area (Å²) in [4.78, 5) is 4.47. The van der Waals surface area contributed by atoms with E-state index in [0.29, 0.717) is 17.5 Å². The number of hydrogen-bond acceptors (Lipinski definition) is 1. The summed E-state index contributed by atoms with van der Waals surface area (Å²) < 4.78 is 9.89. The van der Waals surface area contributed by atoms with Gasteiger partial charge in [0.1, 0.15) is 5.65 Å². The van der Waals surface area contributed by atoms with E-state index >= 15 is 0 Å². The molecule has 0 spiro atoms. The maximum atomic E-state index is 8.19. The van der Waals surface area contributed by atoms with Crippen molar-refractivity contribution in [2.45, 2.75) is 0 Å². The van der Waals surface area contributed by atoms with Gasteiger partial charge < -0.3 is 4.40 Å². The second kappa shape index (κ2) is 4.37. The first-order valence-corrected chi connectivity index (χ1v) is 5.75. The zero-order valence-electron chi connectivity index (χ0n) is 11.1. The maximum absolute atomic E-state index is 8.19. The molecular formula is C17H10N2. The molecule has 0 aliphatic carbocycles. The van der Waals surface area contributed by atoms with Crippen molar-refractivity contribution in [3.63, 3.8) is 0 Å². The van der Waals surface area contributed by atoms with Crippen LogP contribution in [-0.4, -0.2) is 9.38 Å². The highest BCUT2D eigenvalue weighted by Crippen LogP contribution is 2.20. The molecule has 0 radical (unpaired) electrons. The van der Waals surface area contributed by atoms with Gasteiger partial charge in [-0.2, -0.15) is 0 Å². The quantitative estimate of drug-likeness (QED) is 0.601. The van der Waals surface area contributed by atoms with E-state index in [4.69, 9.17) is 14.2 Å². The third-order valence-corrected chi connectivity index (χ3v) is 2.88. The molecule has 0 aliphatic rings. The third-order valence-electron chi connectivity index (χ3n) is 2.88. The minimum atomic E-state index is 0.331. The number of pyridine rings is 1. The molecule has 0 saturated heterocycles. The molecular weight excluding hydrogens is 232 g/mol. The monoisotopic (exact) mass is 243 g/mol. The SMILES string of the molecule is [2H]c1c(-c2ccc(C#C)cc2)nc2cc(C#C)ccn12. The number of aromatic nitrogens is 2. The summed E-state index contributed by atoms with van der Waals surface area (Å²) in [6, 6.07) is 11.0. The Morgan fingerprint density at radius 3 is 2.47 bits per heavy atom. The Morgan fingerprint density at radius 1 is 1.05 bits per heavy atom. The number of fused-ring (bicyclic) bond motifs is 1. The highest BCUT2D eigenvalue weighted by Gasteiger charge is 2.04. The second-order valence-electron chi connectivity index (χ2n) is 4.08. The van der Waals surface area contributed by atoms with Gasteiger partial charge in [0.2, 0.25) is 0 Å². The van der Waals surface area contributed by atoms with Crippen molar-refractivity contribution < 1.29 is 1.37 Å². The van der Waals surface area contributed by atoms with Crippen LogP contribution in [0.4, 0.5) is 0 Å². The van der Waals surface area contributed by atoms with Crippen molar-refractivity contribution >= 4 is 5.65 Å². The predicted octanol–water partition coefficient (Wildman–Crippen LogP) is 2.96. The molecule has 3 rings (SSSR count). The first kappa shape index (κ1) is 10.00. The summed E-state index contributed by atoms with van der Waals surface area (Å²) in [5.74, 6) is 5.13. The zero-order valence-corrected chi connectivity index (χ0v) is 10.1. The molecule has 2 heteroatoms. The van der Waals surface area contributed by atoms with Crippen molar-refractivity contribution in [2.75, 3.05) is 0 Å². The van der Waals surface area contributed by atoms with E-state index in [-0.39, 0.29) is 0 Å². The van der Waals surface area contributed by atoms with Crippen molar-refractivity contribution in [1.29, 1.82) is 0 Å². The van der Waals surface area contributed by atoms with Crippen LogP contribution in [0.2, 0.25) is 0 Å². The largest absolute Gasteiger partial charge is 0.306 e. The summed E-state index contributed by atoms with van der Waals surface area (Å²) >= 11 is 0. The second-order valence-corrected chi connectivity index (χ2v) is 4.08. The van der Waals surface area contributed by atoms with Gasteiger partial charge >= 0.3 is 0 Å². The van der Waals surface area contributed by atoms with Gasteiger partial charge in [-0.3, -0.25) is 0 Å². The van der Waals surface area contributed by atoms with Gasteiger partial charge in [-0.1, -0.05) is 24.0 Å². The fourth-order valence-corrected chi connectivity index (χ4v) is 1.87. The molecule has 2 heterocycles. The standard InChI is InChI=1S/C17H10N2/c1-3-13-5-7-15(8-6-13)16-12-19-10-9-14(4-2)11-17(19)18-16/h1-2,5-12H/i12D. The summed E-state index contributed by atoms with van der Waals surface area (Å²) in [5, 5.41) is 0. The molecule has 0 amide bonds. The van der Waals surface area contributed by atoms with Crippen molar-refractivity contribution in [3.05, 3.63) is 59.9 Å². The Balaban J connectivity index is 2.18. The van der Waals surface area contributed by atoms with Crippen molar-refractivity contribution in [3.8, 4) is 35.9 Å². The van der Waals surface area contributed by atoms with E-state index in [2.05, 4.69) is 16.8 Å². The normalized spacial score (nSPS) is 10.7. The molecule has 88 valence electrons. The van der Waals surface area contributed by atoms with E-state index in [0.717, 1.165) is 16.7 Å². The van der Waals surface area contributed by atoms with Gasteiger partial charge in [0.15, 0.2) is 0 Å². The molecule has 0 aliphatic heterocycles. The number of terminal acetylenes is 2. The van der Waals surface area contributed by atoms with Crippen LogP contribution in [0.3, 0.4) is 0 Å². The first-order chi connectivity index (χ1) is 9.72. The van der Waals surface area contributed by atoms with Gasteiger partial charge in [0, 0.05) is 29.1 Å². The highest BCUT2D eigenvalue weighted by atomic mass is 15.0. The summed E-state index contributed by atoms with van der Waals surface area (Å²) in [5.41, 5.74) is 3.69. The summed E-state index contributed by atoms with van der Waals surface area (Å²) in [6.07, 6.45) is 12.8. The average molecular weight is 243 g/mol. The number of imidazole rings is 1. The third kappa shape index (κ3) is 1.97. The number of benzene rings is 1. The summed E-state index contributed by atoms with van der Waals surface area (Å²) in [7, 11) is 0. The molecule has 1 aromatic carbocycles. The first-order valence-electron chi connectivity index (χ1n) is 6.25. The fraction of sp³-hybridized carbons (Fsp3) is 0. The van der Waals surface area contributed by atoms with E-state index in [9.17, 15) is 0 Å². The van der Waals surface area contributed by atoms with Gasteiger partial charge in [-0.15, -0.1) is 12.8 Å². The van der Waals surface area contributed by atoms with Crippen LogP contribution in [-0.2, 0) is 0 Å². The summed E-state index contributed by atoms with van der Waals surface area (Å²) in [6.45, 7) is 0. The molecule has 0 bridgehead atoms. The Kier molecular flexibility index (Phi) is 2.30. The molecule has 2 aromatic heterocycles. The van der Waals surface area contributed by atoms with Gasteiger partial charge in [-0.05, 0) is 24.3 Å². The predicted molar refractivity (Wildman–Crippen MR) is 76.5 cm³/mol. The Hall–Kier alpha value is -2.97. The van der Waals surface area contributed by atoms with Gasteiger partial charge in [0.05, 0.1) is 7.06 Å². The minimum absolute atomic E-state index is 0.331. The van der Waals surface area contributed by atoms with E-state index in [1.807, 2.05) is 24.3 Å². The Morgan fingerprint density at radius 2 is 1.79 bits per heavy atom. The number of rotatable bonds is 1. The number of hydrogen-bond donors (Lipinski definition) is 0. The number of nitrogens with zero attached hydrogens (tertiary/aromatic N) is 2. The minimum Gasteiger partial charge on any atom is -0.306 e. The average Bonchev–Trinajstić information content (AvgIpc) is 2.84. The lowest BCUT2D eigenvalue weighted by Crippen LogP contribution is -1.82. The van der Waals surface area contributed by atoms with Gasteiger partial charge in [-0.25, -0.2) is 4.98 Å². The van der Waals surface area contributed by atoms with Crippen LogP contribution in [0.15, 0.2) is 48.8 Å². The lowest BCUT2D eigenvalue weighted by molar-refractivity contribution is 1.18. The van der Waals surface area contributed by atoms with Crippen LogP contribution in [0, 0.1) is 24.7 Å². The zero-order chi connectivity index (χ0) is 14.1. The van der Waals surface area contributed by atoms with Crippen LogP contribution in [0.5, 0.6) is 0 Å². The van der Waals surface area contributed by atoms with Crippen LogP contribution in [0.25, 0.3) is 16.9 Å².